The van der Waals surface area contributed by atoms with Crippen molar-refractivity contribution in [2.75, 3.05) is 5.32 Å². The number of nitrogens with one attached hydrogen (secondary N) is 1. The zero-order chi connectivity index (χ0) is 14.7. The number of anilines is 1. The Morgan fingerprint density at radius 1 is 1.15 bits per heavy atom. The first-order valence-electron chi connectivity index (χ1n) is 6.66. The van der Waals surface area contributed by atoms with Gasteiger partial charge in [0.2, 0.25) is 0 Å². The van der Waals surface area contributed by atoms with Gasteiger partial charge in [0.25, 0.3) is 0 Å². The second kappa shape index (κ2) is 6.17. The molecule has 1 aliphatic carbocycles. The Hall–Kier alpha value is -1.69. The molecule has 2 atom stereocenters. The predicted molar refractivity (Wildman–Crippen MR) is 69.8 cm³/mol. The fourth-order valence-electron chi connectivity index (χ4n) is 2.48. The minimum atomic E-state index is -1.39. The van der Waals surface area contributed by atoms with Crippen molar-refractivity contribution in [3.05, 3.63) is 29.3 Å². The van der Waals surface area contributed by atoms with Crippen molar-refractivity contribution in [3.63, 3.8) is 0 Å². The van der Waals surface area contributed by atoms with E-state index in [0.29, 0.717) is 12.8 Å². The van der Waals surface area contributed by atoms with Crippen molar-refractivity contribution in [2.24, 2.45) is 0 Å². The molecule has 0 aromatic heterocycles. The first-order chi connectivity index (χ1) is 9.49. The minimum absolute atomic E-state index is 0.374. The molecule has 0 saturated heterocycles. The van der Waals surface area contributed by atoms with Gasteiger partial charge in [-0.1, -0.05) is 19.3 Å². The maximum absolute atomic E-state index is 13.8. The van der Waals surface area contributed by atoms with Crippen LogP contribution in [0.4, 0.5) is 14.5 Å². The lowest BCUT2D eigenvalue weighted by molar-refractivity contribution is 0.0695. The molecule has 0 aliphatic heterocycles. The largest absolute Gasteiger partial charge is 0.478 e. The molecule has 4 nitrogen and oxygen atoms in total. The molecule has 1 aliphatic rings. The van der Waals surface area contributed by atoms with E-state index in [1.54, 1.807) is 0 Å². The van der Waals surface area contributed by atoms with Gasteiger partial charge in [0.1, 0.15) is 17.3 Å². The van der Waals surface area contributed by atoms with E-state index in [9.17, 15) is 18.7 Å². The number of hydrogen-bond donors (Lipinski definition) is 3. The highest BCUT2D eigenvalue weighted by Crippen LogP contribution is 2.26. The molecule has 0 amide bonds. The number of rotatable bonds is 3. The third-order valence-corrected chi connectivity index (χ3v) is 3.60. The summed E-state index contributed by atoms with van der Waals surface area (Å²) < 4.78 is 27.6. The van der Waals surface area contributed by atoms with E-state index >= 15 is 0 Å². The molecular formula is C14H17F2NO3. The highest BCUT2D eigenvalue weighted by atomic mass is 19.1. The van der Waals surface area contributed by atoms with Crippen molar-refractivity contribution in [1.29, 1.82) is 0 Å². The van der Waals surface area contributed by atoms with Crippen LogP contribution in [0.5, 0.6) is 0 Å². The Labute approximate surface area is 115 Å². The van der Waals surface area contributed by atoms with Crippen LogP contribution in [-0.2, 0) is 0 Å². The highest BCUT2D eigenvalue weighted by Gasteiger charge is 2.24. The predicted octanol–water partition coefficient (Wildman–Crippen LogP) is 2.77. The molecule has 3 N–H and O–H groups in total. The summed E-state index contributed by atoms with van der Waals surface area (Å²) in [6.07, 6.45) is 3.32. The molecule has 1 saturated carbocycles. The summed E-state index contributed by atoms with van der Waals surface area (Å²) in [6.45, 7) is 0. The van der Waals surface area contributed by atoms with Gasteiger partial charge in [0.05, 0.1) is 17.7 Å². The van der Waals surface area contributed by atoms with E-state index in [1.165, 1.54) is 0 Å². The number of carboxylic acid groups (broad SMARTS) is 1. The summed E-state index contributed by atoms with van der Waals surface area (Å²) in [6, 6.07) is 1.13. The Kier molecular flexibility index (Phi) is 4.54. The van der Waals surface area contributed by atoms with Gasteiger partial charge in [-0.15, -0.1) is 0 Å². The van der Waals surface area contributed by atoms with Crippen LogP contribution in [0.2, 0.25) is 0 Å². The fraction of sp³-hybridized carbons (Fsp3) is 0.500. The number of hydrogen-bond acceptors (Lipinski definition) is 3. The average Bonchev–Trinajstić information content (AvgIpc) is 2.58. The Bertz CT molecular complexity index is 484. The molecule has 2 rings (SSSR count). The van der Waals surface area contributed by atoms with E-state index in [2.05, 4.69) is 5.32 Å². The molecule has 6 heteroatoms. The van der Waals surface area contributed by atoms with Crippen LogP contribution in [0.3, 0.4) is 0 Å². The van der Waals surface area contributed by atoms with Crippen LogP contribution in [0.15, 0.2) is 12.1 Å². The normalized spacial score (nSPS) is 23.1. The Balaban J connectivity index is 2.22. The zero-order valence-electron chi connectivity index (χ0n) is 10.9. The van der Waals surface area contributed by atoms with Crippen molar-refractivity contribution in [3.8, 4) is 0 Å². The minimum Gasteiger partial charge on any atom is -0.478 e. The number of aromatic carboxylic acids is 1. The molecule has 1 aromatic rings. The van der Waals surface area contributed by atoms with Gasteiger partial charge in [0, 0.05) is 0 Å². The molecule has 1 aromatic carbocycles. The van der Waals surface area contributed by atoms with E-state index in [0.717, 1.165) is 31.4 Å². The van der Waals surface area contributed by atoms with E-state index in [-0.39, 0.29) is 5.69 Å². The molecule has 110 valence electrons. The van der Waals surface area contributed by atoms with Gasteiger partial charge in [-0.25, -0.2) is 13.6 Å². The number of halogens is 2. The number of aliphatic hydroxyl groups is 1. The van der Waals surface area contributed by atoms with Crippen LogP contribution in [-0.4, -0.2) is 28.3 Å². The maximum atomic E-state index is 13.8. The number of aliphatic hydroxyl groups excluding tert-OH is 1. The van der Waals surface area contributed by atoms with Gasteiger partial charge in [-0.2, -0.15) is 0 Å². The van der Waals surface area contributed by atoms with Crippen LogP contribution in [0, 0.1) is 11.6 Å². The molecule has 1 fully saturated rings. The van der Waals surface area contributed by atoms with Gasteiger partial charge >= 0.3 is 5.97 Å². The number of carboxylic acids is 1. The molecule has 0 heterocycles. The molecule has 2 unspecified atom stereocenters. The van der Waals surface area contributed by atoms with Crippen molar-refractivity contribution in [1.82, 2.24) is 0 Å². The summed E-state index contributed by atoms with van der Waals surface area (Å²) in [5, 5.41) is 21.3. The number of carbonyl (C=O) groups is 1. The second-order valence-electron chi connectivity index (χ2n) is 5.08. The first kappa shape index (κ1) is 14.7. The van der Waals surface area contributed by atoms with Crippen molar-refractivity contribution < 1.29 is 23.8 Å². The van der Waals surface area contributed by atoms with Gasteiger partial charge < -0.3 is 15.5 Å². The second-order valence-corrected chi connectivity index (χ2v) is 5.08. The standard InChI is InChI=1S/C14H17F2NO3/c15-9-6-8(14(19)20)7-10(16)13(9)17-11-4-2-1-3-5-12(11)18/h6-7,11-12,17-18H,1-5H2,(H,19,20). The lowest BCUT2D eigenvalue weighted by Gasteiger charge is -2.23. The highest BCUT2D eigenvalue weighted by molar-refractivity contribution is 5.88. The summed E-state index contributed by atoms with van der Waals surface area (Å²) in [4.78, 5) is 10.7. The summed E-state index contributed by atoms with van der Waals surface area (Å²) in [7, 11) is 0. The van der Waals surface area contributed by atoms with Crippen LogP contribution < -0.4 is 5.32 Å². The fourth-order valence-corrected chi connectivity index (χ4v) is 2.48. The molecule has 0 bridgehead atoms. The zero-order valence-corrected chi connectivity index (χ0v) is 10.9. The third kappa shape index (κ3) is 3.25. The van der Waals surface area contributed by atoms with Crippen molar-refractivity contribution in [2.45, 2.75) is 44.2 Å². The van der Waals surface area contributed by atoms with E-state index < -0.39 is 35.3 Å². The average molecular weight is 285 g/mol. The quantitative estimate of drug-likeness (QED) is 0.747. The lowest BCUT2D eigenvalue weighted by Crippen LogP contribution is -2.33. The maximum Gasteiger partial charge on any atom is 0.335 e. The van der Waals surface area contributed by atoms with Crippen molar-refractivity contribution >= 4 is 11.7 Å². The summed E-state index contributed by atoms with van der Waals surface area (Å²) in [5.41, 5.74) is -0.812. The molecule has 0 radical (unpaired) electrons. The lowest BCUT2D eigenvalue weighted by atomic mass is 10.1. The summed E-state index contributed by atoms with van der Waals surface area (Å²) >= 11 is 0. The Morgan fingerprint density at radius 2 is 1.75 bits per heavy atom. The molecule has 0 spiro atoms. The smallest absolute Gasteiger partial charge is 0.335 e. The Morgan fingerprint density at radius 3 is 2.35 bits per heavy atom. The molecular weight excluding hydrogens is 268 g/mol. The van der Waals surface area contributed by atoms with E-state index in [4.69, 9.17) is 5.11 Å². The van der Waals surface area contributed by atoms with Crippen LogP contribution in [0.1, 0.15) is 42.5 Å². The number of benzene rings is 1. The summed E-state index contributed by atoms with van der Waals surface area (Å²) in [5.74, 6) is -3.30. The monoisotopic (exact) mass is 285 g/mol. The van der Waals surface area contributed by atoms with E-state index in [1.807, 2.05) is 0 Å². The third-order valence-electron chi connectivity index (χ3n) is 3.60. The van der Waals surface area contributed by atoms with Gasteiger partial charge in [-0.3, -0.25) is 0 Å². The molecule has 20 heavy (non-hydrogen) atoms. The van der Waals surface area contributed by atoms with Crippen LogP contribution >= 0.6 is 0 Å². The van der Waals surface area contributed by atoms with Gasteiger partial charge in [0.15, 0.2) is 0 Å². The van der Waals surface area contributed by atoms with Crippen LogP contribution in [0.25, 0.3) is 0 Å². The topological polar surface area (TPSA) is 69.6 Å². The van der Waals surface area contributed by atoms with Gasteiger partial charge in [-0.05, 0) is 25.0 Å². The first-order valence-corrected chi connectivity index (χ1v) is 6.66. The SMILES string of the molecule is O=C(O)c1cc(F)c(NC2CCCCCC2O)c(F)c1.